The number of aromatic nitrogens is 2. The van der Waals surface area contributed by atoms with Crippen LogP contribution in [0.4, 0.5) is 13.2 Å². The second-order valence-electron chi connectivity index (χ2n) is 8.20. The van der Waals surface area contributed by atoms with Crippen LogP contribution < -0.4 is 5.32 Å². The van der Waals surface area contributed by atoms with Gasteiger partial charge in [0.15, 0.2) is 5.69 Å². The Morgan fingerprint density at radius 2 is 1.93 bits per heavy atom. The van der Waals surface area contributed by atoms with Gasteiger partial charge in [-0.15, -0.1) is 0 Å². The van der Waals surface area contributed by atoms with E-state index in [9.17, 15) is 18.0 Å². The average molecular weight is 423 g/mol. The molecule has 1 N–H and O–H groups in total. The van der Waals surface area contributed by atoms with Crippen LogP contribution in [0.15, 0.2) is 36.4 Å². The number of carbonyl (C=O) groups is 1. The van der Waals surface area contributed by atoms with Crippen LogP contribution in [0.1, 0.15) is 17.0 Å². The van der Waals surface area contributed by atoms with Crippen LogP contribution in [0, 0.1) is 12.8 Å². The van der Waals surface area contributed by atoms with Crippen molar-refractivity contribution in [2.75, 3.05) is 33.7 Å². The van der Waals surface area contributed by atoms with E-state index >= 15 is 0 Å². The highest BCUT2D eigenvalue weighted by Gasteiger charge is 2.36. The molecule has 1 aliphatic rings. The van der Waals surface area contributed by atoms with Crippen molar-refractivity contribution in [2.45, 2.75) is 32.2 Å². The van der Waals surface area contributed by atoms with Crippen LogP contribution in [-0.4, -0.2) is 65.3 Å². The molecular formula is C21H28F3N5O. The van der Waals surface area contributed by atoms with Crippen molar-refractivity contribution in [3.05, 3.63) is 53.3 Å². The number of likely N-dealkylation sites (tertiary alicyclic amines) is 1. The Morgan fingerprint density at radius 3 is 2.53 bits per heavy atom. The third-order valence-corrected chi connectivity index (χ3v) is 5.28. The van der Waals surface area contributed by atoms with Crippen molar-refractivity contribution in [3.63, 3.8) is 0 Å². The molecule has 2 aromatic rings. The average Bonchev–Trinajstić information content (AvgIpc) is 3.18. The molecule has 1 aliphatic heterocycles. The molecule has 164 valence electrons. The second kappa shape index (κ2) is 9.18. The summed E-state index contributed by atoms with van der Waals surface area (Å²) >= 11 is 0. The molecule has 1 aromatic carbocycles. The van der Waals surface area contributed by atoms with Gasteiger partial charge in [0, 0.05) is 43.8 Å². The van der Waals surface area contributed by atoms with Gasteiger partial charge in [-0.1, -0.05) is 30.3 Å². The van der Waals surface area contributed by atoms with Gasteiger partial charge >= 0.3 is 6.18 Å². The third kappa shape index (κ3) is 5.82. The molecule has 1 aromatic heterocycles. The molecule has 0 unspecified atom stereocenters. The van der Waals surface area contributed by atoms with Gasteiger partial charge in [0.2, 0.25) is 5.91 Å². The number of nitrogens with zero attached hydrogens (tertiary/aromatic N) is 4. The molecule has 2 heterocycles. The van der Waals surface area contributed by atoms with E-state index in [2.05, 4.69) is 32.3 Å². The van der Waals surface area contributed by atoms with Gasteiger partial charge < -0.3 is 10.2 Å². The second-order valence-corrected chi connectivity index (χ2v) is 8.20. The maximum atomic E-state index is 12.9. The molecule has 0 spiro atoms. The lowest BCUT2D eigenvalue weighted by Gasteiger charge is -2.23. The van der Waals surface area contributed by atoms with E-state index in [1.807, 2.05) is 32.3 Å². The Labute approximate surface area is 174 Å². The van der Waals surface area contributed by atoms with E-state index < -0.39 is 11.9 Å². The first-order valence-corrected chi connectivity index (χ1v) is 9.94. The smallest absolute Gasteiger partial charge is 0.350 e. The largest absolute Gasteiger partial charge is 0.435 e. The maximum Gasteiger partial charge on any atom is 0.435 e. The number of nitrogens with one attached hydrogen (secondary N) is 1. The van der Waals surface area contributed by atoms with Gasteiger partial charge in [-0.2, -0.15) is 18.3 Å². The van der Waals surface area contributed by atoms with Crippen LogP contribution in [0.2, 0.25) is 0 Å². The van der Waals surface area contributed by atoms with E-state index in [0.717, 1.165) is 30.4 Å². The summed E-state index contributed by atoms with van der Waals surface area (Å²) in [4.78, 5) is 17.0. The molecule has 30 heavy (non-hydrogen) atoms. The first-order chi connectivity index (χ1) is 14.1. The lowest BCUT2D eigenvalue weighted by molar-refractivity contribution is -0.141. The Kier molecular flexibility index (Phi) is 6.82. The number of rotatable bonds is 7. The highest BCUT2D eigenvalue weighted by atomic mass is 19.4. The lowest BCUT2D eigenvalue weighted by Crippen LogP contribution is -2.44. The van der Waals surface area contributed by atoms with Crippen molar-refractivity contribution in [1.29, 1.82) is 0 Å². The monoisotopic (exact) mass is 423 g/mol. The summed E-state index contributed by atoms with van der Waals surface area (Å²) in [6.07, 6.45) is -4.52. The number of halogens is 3. The van der Waals surface area contributed by atoms with Gasteiger partial charge in [0.05, 0.1) is 0 Å². The molecule has 3 rings (SSSR count). The van der Waals surface area contributed by atoms with E-state index in [1.54, 1.807) is 0 Å². The summed E-state index contributed by atoms with van der Waals surface area (Å²) in [5.74, 6) is -0.0950. The molecule has 2 atom stereocenters. The lowest BCUT2D eigenvalue weighted by atomic mass is 10.0. The van der Waals surface area contributed by atoms with Crippen LogP contribution in [0.25, 0.3) is 0 Å². The van der Waals surface area contributed by atoms with Gasteiger partial charge in [-0.05, 0) is 32.6 Å². The van der Waals surface area contributed by atoms with Crippen molar-refractivity contribution in [3.8, 4) is 0 Å². The molecular weight excluding hydrogens is 395 g/mol. The number of carbonyl (C=O) groups excluding carboxylic acids is 1. The predicted molar refractivity (Wildman–Crippen MR) is 108 cm³/mol. The molecule has 0 aliphatic carbocycles. The van der Waals surface area contributed by atoms with Crippen LogP contribution in [0.5, 0.6) is 0 Å². The summed E-state index contributed by atoms with van der Waals surface area (Å²) in [7, 11) is 3.98. The minimum atomic E-state index is -4.52. The van der Waals surface area contributed by atoms with Crippen molar-refractivity contribution < 1.29 is 18.0 Å². The fraction of sp³-hybridized carbons (Fsp3) is 0.524. The molecule has 1 amide bonds. The van der Waals surface area contributed by atoms with Crippen LogP contribution in [0.3, 0.4) is 0 Å². The summed E-state index contributed by atoms with van der Waals surface area (Å²) < 4.78 is 39.7. The topological polar surface area (TPSA) is 53.4 Å². The number of hydrogen-bond acceptors (Lipinski definition) is 4. The van der Waals surface area contributed by atoms with Gasteiger partial charge in [-0.25, -0.2) is 0 Å². The molecule has 1 fully saturated rings. The molecule has 9 heteroatoms. The fourth-order valence-electron chi connectivity index (χ4n) is 3.95. The summed E-state index contributed by atoms with van der Waals surface area (Å²) in [6.45, 7) is 4.44. The van der Waals surface area contributed by atoms with Crippen molar-refractivity contribution in [2.24, 2.45) is 5.92 Å². The van der Waals surface area contributed by atoms with Gasteiger partial charge in [0.1, 0.15) is 6.54 Å². The maximum absolute atomic E-state index is 12.9. The summed E-state index contributed by atoms with van der Waals surface area (Å²) in [6, 6.07) is 11.0. The number of aryl methyl sites for hydroxylation is 1. The number of amides is 1. The number of alkyl halides is 3. The van der Waals surface area contributed by atoms with Crippen LogP contribution in [-0.2, 0) is 24.1 Å². The zero-order chi connectivity index (χ0) is 21.9. The Morgan fingerprint density at radius 1 is 1.23 bits per heavy atom. The Bertz CT molecular complexity index is 850. The first kappa shape index (κ1) is 22.3. The zero-order valence-electron chi connectivity index (χ0n) is 17.5. The molecule has 1 saturated heterocycles. The van der Waals surface area contributed by atoms with E-state index in [-0.39, 0.29) is 24.4 Å². The minimum absolute atomic E-state index is 0.0680. The Hall–Kier alpha value is -2.39. The number of hydrogen-bond donors (Lipinski definition) is 1. The first-order valence-electron chi connectivity index (χ1n) is 9.94. The van der Waals surface area contributed by atoms with E-state index in [0.29, 0.717) is 12.2 Å². The molecule has 0 bridgehead atoms. The minimum Gasteiger partial charge on any atom is -0.350 e. The summed E-state index contributed by atoms with van der Waals surface area (Å²) in [5, 5.41) is 6.57. The van der Waals surface area contributed by atoms with Crippen LogP contribution >= 0.6 is 0 Å². The Balaban J connectivity index is 1.64. The van der Waals surface area contributed by atoms with Gasteiger partial charge in [-0.3, -0.25) is 14.4 Å². The highest BCUT2D eigenvalue weighted by Crippen LogP contribution is 2.28. The summed E-state index contributed by atoms with van der Waals surface area (Å²) in [5.41, 5.74) is 0.535. The fourth-order valence-corrected chi connectivity index (χ4v) is 3.95. The van der Waals surface area contributed by atoms with Crippen molar-refractivity contribution in [1.82, 2.24) is 24.9 Å². The van der Waals surface area contributed by atoms with E-state index in [1.165, 1.54) is 12.5 Å². The molecule has 0 radical (unpaired) electrons. The zero-order valence-corrected chi connectivity index (χ0v) is 17.5. The van der Waals surface area contributed by atoms with Gasteiger partial charge in [0.25, 0.3) is 0 Å². The molecule has 0 saturated carbocycles. The predicted octanol–water partition coefficient (Wildman–Crippen LogP) is 2.39. The van der Waals surface area contributed by atoms with E-state index in [4.69, 9.17) is 0 Å². The molecule has 6 nitrogen and oxygen atoms in total. The number of benzene rings is 1. The third-order valence-electron chi connectivity index (χ3n) is 5.28. The van der Waals surface area contributed by atoms with Crippen molar-refractivity contribution >= 4 is 5.91 Å². The standard InChI is InChI=1S/C21H28F3N5O/c1-15-9-19(21(22,23)24)26-29(15)14-20(30)25-18-13-28(12-17(18)11-27(2)3)10-16-7-5-4-6-8-16/h4-9,17-18H,10-14H2,1-3H3,(H,25,30)/t17-,18-/m1/s1. The quantitative estimate of drug-likeness (QED) is 0.743. The normalized spacial score (nSPS) is 20.1. The SMILES string of the molecule is Cc1cc(C(F)(F)F)nn1CC(=O)N[C@@H]1CN(Cc2ccccc2)C[C@H]1CN(C)C. The highest BCUT2D eigenvalue weighted by molar-refractivity contribution is 5.76.